The first-order valence-corrected chi connectivity index (χ1v) is 8.66. The lowest BCUT2D eigenvalue weighted by Gasteiger charge is -2.42. The number of imide groups is 1. The van der Waals surface area contributed by atoms with Gasteiger partial charge in [-0.25, -0.2) is 4.79 Å². The van der Waals surface area contributed by atoms with Gasteiger partial charge in [-0.15, -0.1) is 0 Å². The molecule has 1 aliphatic heterocycles. The van der Waals surface area contributed by atoms with Crippen LogP contribution in [0.15, 0.2) is 0 Å². The molecule has 1 saturated heterocycles. The van der Waals surface area contributed by atoms with E-state index in [1.165, 1.54) is 0 Å². The van der Waals surface area contributed by atoms with Crippen LogP contribution in [0, 0.1) is 11.3 Å². The van der Waals surface area contributed by atoms with E-state index in [2.05, 4.69) is 26.1 Å². The molecule has 0 aromatic heterocycles. The van der Waals surface area contributed by atoms with Crippen LogP contribution in [0.3, 0.4) is 0 Å². The molecule has 2 aliphatic rings. The maximum Gasteiger partial charge on any atom is 0.326 e. The number of carbonyl (C=O) groups excluding carboxylic acids is 3. The summed E-state index contributed by atoms with van der Waals surface area (Å²) in [5.41, 5.74) is -0.643. The Morgan fingerprint density at radius 3 is 2.54 bits per heavy atom. The van der Waals surface area contributed by atoms with Crippen LogP contribution in [0.4, 0.5) is 4.79 Å². The van der Waals surface area contributed by atoms with E-state index >= 15 is 0 Å². The first-order chi connectivity index (χ1) is 11.3. The van der Waals surface area contributed by atoms with Crippen LogP contribution in [0.1, 0.15) is 52.9 Å². The zero-order valence-electron chi connectivity index (χ0n) is 14.8. The van der Waals surface area contributed by atoms with Crippen molar-refractivity contribution in [2.45, 2.75) is 58.4 Å². The molecule has 0 bridgehead atoms. The van der Waals surface area contributed by atoms with Crippen LogP contribution in [0.2, 0.25) is 0 Å². The maximum absolute atomic E-state index is 12.7. The molecule has 24 heavy (non-hydrogen) atoms. The number of esters is 1. The fourth-order valence-electron chi connectivity index (χ4n) is 3.67. The standard InChI is InChI=1S/C17H28N2O5/c1-4-16(2,3)12-5-7-17(8-6-12)14(22)19(15(23)18-17)11-13(21)24-10-9-20/h12,20H,4-11H2,1-3H3,(H,18,23). The Kier molecular flexibility index (Phi) is 5.52. The molecule has 1 spiro atoms. The van der Waals surface area contributed by atoms with Gasteiger partial charge in [-0.05, 0) is 37.0 Å². The summed E-state index contributed by atoms with van der Waals surface area (Å²) in [6.45, 7) is 5.83. The number of hydrogen-bond acceptors (Lipinski definition) is 5. The SMILES string of the molecule is CCC(C)(C)C1CCC2(CC1)NC(=O)N(CC(=O)OCCO)C2=O. The molecule has 7 nitrogen and oxygen atoms in total. The predicted octanol–water partition coefficient (Wildman–Crippen LogP) is 1.44. The van der Waals surface area contributed by atoms with E-state index in [1.807, 2.05) is 0 Å². The van der Waals surface area contributed by atoms with Crippen molar-refractivity contribution in [2.24, 2.45) is 11.3 Å². The number of urea groups is 1. The number of aliphatic hydroxyl groups excluding tert-OH is 1. The van der Waals surface area contributed by atoms with Gasteiger partial charge in [-0.1, -0.05) is 27.2 Å². The molecule has 0 aromatic carbocycles. The number of amides is 3. The molecule has 0 aromatic rings. The monoisotopic (exact) mass is 340 g/mol. The second-order valence-corrected chi connectivity index (χ2v) is 7.46. The molecule has 2 fully saturated rings. The van der Waals surface area contributed by atoms with Crippen molar-refractivity contribution in [1.82, 2.24) is 10.2 Å². The molecule has 0 radical (unpaired) electrons. The third kappa shape index (κ3) is 3.55. The zero-order chi connectivity index (χ0) is 18.0. The fourth-order valence-corrected chi connectivity index (χ4v) is 3.67. The van der Waals surface area contributed by atoms with Crippen LogP contribution in [-0.4, -0.2) is 53.2 Å². The van der Waals surface area contributed by atoms with Gasteiger partial charge in [0.25, 0.3) is 5.91 Å². The third-order valence-corrected chi connectivity index (χ3v) is 5.74. The Bertz CT molecular complexity index is 509. The molecular formula is C17H28N2O5. The average Bonchev–Trinajstić information content (AvgIpc) is 2.77. The smallest absolute Gasteiger partial charge is 0.326 e. The quantitative estimate of drug-likeness (QED) is 0.563. The summed E-state index contributed by atoms with van der Waals surface area (Å²) < 4.78 is 4.74. The molecular weight excluding hydrogens is 312 g/mol. The highest BCUT2D eigenvalue weighted by atomic mass is 16.5. The minimum Gasteiger partial charge on any atom is -0.462 e. The summed E-state index contributed by atoms with van der Waals surface area (Å²) in [5, 5.41) is 11.5. The second-order valence-electron chi connectivity index (χ2n) is 7.46. The highest BCUT2D eigenvalue weighted by molar-refractivity contribution is 6.08. The van der Waals surface area contributed by atoms with Crippen molar-refractivity contribution in [3.8, 4) is 0 Å². The van der Waals surface area contributed by atoms with Crippen LogP contribution in [0.5, 0.6) is 0 Å². The van der Waals surface area contributed by atoms with Crippen molar-refractivity contribution >= 4 is 17.9 Å². The van der Waals surface area contributed by atoms with Gasteiger partial charge in [0.2, 0.25) is 0 Å². The third-order valence-electron chi connectivity index (χ3n) is 5.74. The largest absolute Gasteiger partial charge is 0.462 e. The summed E-state index contributed by atoms with van der Waals surface area (Å²) in [6.07, 6.45) is 4.06. The summed E-state index contributed by atoms with van der Waals surface area (Å²) in [7, 11) is 0. The number of rotatable bonds is 6. The lowest BCUT2D eigenvalue weighted by Crippen LogP contribution is -2.51. The van der Waals surface area contributed by atoms with Gasteiger partial charge in [0, 0.05) is 0 Å². The number of hydrogen-bond donors (Lipinski definition) is 2. The Morgan fingerprint density at radius 2 is 2.00 bits per heavy atom. The van der Waals surface area contributed by atoms with Gasteiger partial charge in [0.15, 0.2) is 0 Å². The van der Waals surface area contributed by atoms with Gasteiger partial charge >= 0.3 is 12.0 Å². The molecule has 7 heteroatoms. The predicted molar refractivity (Wildman–Crippen MR) is 87.1 cm³/mol. The highest BCUT2D eigenvalue weighted by Gasteiger charge is 2.53. The Morgan fingerprint density at radius 1 is 1.38 bits per heavy atom. The van der Waals surface area contributed by atoms with Crippen molar-refractivity contribution in [3.05, 3.63) is 0 Å². The second kappa shape index (κ2) is 7.09. The van der Waals surface area contributed by atoms with Crippen molar-refractivity contribution in [3.63, 3.8) is 0 Å². The van der Waals surface area contributed by atoms with E-state index in [-0.39, 0.29) is 24.5 Å². The van der Waals surface area contributed by atoms with E-state index in [0.29, 0.717) is 18.8 Å². The number of aliphatic hydroxyl groups is 1. The van der Waals surface area contributed by atoms with Gasteiger partial charge in [0.05, 0.1) is 6.61 Å². The fraction of sp³-hybridized carbons (Fsp3) is 0.824. The minimum absolute atomic E-state index is 0.137. The Balaban J connectivity index is 2.00. The summed E-state index contributed by atoms with van der Waals surface area (Å²) >= 11 is 0. The highest BCUT2D eigenvalue weighted by Crippen LogP contribution is 2.45. The average molecular weight is 340 g/mol. The maximum atomic E-state index is 12.7. The van der Waals surface area contributed by atoms with Gasteiger partial charge in [-0.3, -0.25) is 14.5 Å². The number of carbonyl (C=O) groups is 3. The Hall–Kier alpha value is -1.63. The van der Waals surface area contributed by atoms with Crippen LogP contribution in [-0.2, 0) is 14.3 Å². The molecule has 136 valence electrons. The number of nitrogens with zero attached hydrogens (tertiary/aromatic N) is 1. The van der Waals surface area contributed by atoms with Crippen LogP contribution >= 0.6 is 0 Å². The molecule has 1 saturated carbocycles. The normalized spacial score (nSPS) is 27.5. The van der Waals surface area contributed by atoms with E-state index in [4.69, 9.17) is 9.84 Å². The molecule has 1 aliphatic carbocycles. The minimum atomic E-state index is -0.866. The zero-order valence-corrected chi connectivity index (χ0v) is 14.8. The van der Waals surface area contributed by atoms with Crippen molar-refractivity contribution in [1.29, 1.82) is 0 Å². The Labute approximate surface area is 142 Å². The lowest BCUT2D eigenvalue weighted by molar-refractivity contribution is -0.148. The summed E-state index contributed by atoms with van der Waals surface area (Å²) in [5.74, 6) is -0.493. The molecule has 3 amide bonds. The topological polar surface area (TPSA) is 95.9 Å². The van der Waals surface area contributed by atoms with Gasteiger partial charge in [0.1, 0.15) is 18.7 Å². The van der Waals surface area contributed by atoms with E-state index < -0.39 is 24.1 Å². The van der Waals surface area contributed by atoms with Gasteiger partial charge < -0.3 is 15.2 Å². The van der Waals surface area contributed by atoms with Crippen molar-refractivity contribution in [2.75, 3.05) is 19.8 Å². The van der Waals surface area contributed by atoms with E-state index in [1.54, 1.807) is 0 Å². The molecule has 0 atom stereocenters. The van der Waals surface area contributed by atoms with Gasteiger partial charge in [-0.2, -0.15) is 0 Å². The molecule has 1 heterocycles. The van der Waals surface area contributed by atoms with Crippen LogP contribution < -0.4 is 5.32 Å². The summed E-state index contributed by atoms with van der Waals surface area (Å²) in [4.78, 5) is 37.4. The first-order valence-electron chi connectivity index (χ1n) is 8.66. The van der Waals surface area contributed by atoms with Crippen LogP contribution in [0.25, 0.3) is 0 Å². The first kappa shape index (κ1) is 18.7. The van der Waals surface area contributed by atoms with Crippen molar-refractivity contribution < 1.29 is 24.2 Å². The number of ether oxygens (including phenoxy) is 1. The molecule has 0 unspecified atom stereocenters. The number of nitrogens with one attached hydrogen (secondary N) is 1. The van der Waals surface area contributed by atoms with E-state index in [0.717, 1.165) is 24.2 Å². The lowest BCUT2D eigenvalue weighted by atomic mass is 9.65. The van der Waals surface area contributed by atoms with E-state index in [9.17, 15) is 14.4 Å². The molecule has 2 N–H and O–H groups in total. The summed E-state index contributed by atoms with van der Waals surface area (Å²) in [6, 6.07) is -0.533. The molecule has 2 rings (SSSR count).